The van der Waals surface area contributed by atoms with E-state index in [9.17, 15) is 4.79 Å². The number of nitrogens with one attached hydrogen (secondary N) is 1. The fraction of sp³-hybridized carbons (Fsp3) is 0.300. The quantitative estimate of drug-likeness (QED) is 0.736. The van der Waals surface area contributed by atoms with E-state index in [0.29, 0.717) is 0 Å². The van der Waals surface area contributed by atoms with Crippen LogP contribution >= 0.6 is 0 Å². The van der Waals surface area contributed by atoms with Crippen molar-refractivity contribution in [1.82, 2.24) is 5.32 Å². The third kappa shape index (κ3) is 2.29. The summed E-state index contributed by atoms with van der Waals surface area (Å²) in [6, 6.07) is 6.87. The van der Waals surface area contributed by atoms with E-state index in [2.05, 4.69) is 5.32 Å². The number of aryl methyl sites for hydroxylation is 1. The van der Waals surface area contributed by atoms with Gasteiger partial charge >= 0.3 is 5.97 Å². The Morgan fingerprint density at radius 2 is 2.23 bits per heavy atom. The van der Waals surface area contributed by atoms with Crippen LogP contribution in [0, 0.1) is 6.92 Å². The zero-order valence-corrected chi connectivity index (χ0v) is 7.74. The highest BCUT2D eigenvalue weighted by Crippen LogP contribution is 2.13. The van der Waals surface area contributed by atoms with E-state index in [1.807, 2.05) is 31.2 Å². The smallest absolute Gasteiger partial charge is 0.325 e. The van der Waals surface area contributed by atoms with Crippen LogP contribution in [0.2, 0.25) is 0 Å². The van der Waals surface area contributed by atoms with E-state index < -0.39 is 12.0 Å². The molecule has 0 radical (unpaired) electrons. The maximum absolute atomic E-state index is 10.8. The van der Waals surface area contributed by atoms with Crippen LogP contribution in [0.3, 0.4) is 0 Å². The fourth-order valence-corrected chi connectivity index (χ4v) is 1.28. The van der Waals surface area contributed by atoms with E-state index in [1.54, 1.807) is 7.05 Å². The summed E-state index contributed by atoms with van der Waals surface area (Å²) in [6.45, 7) is 1.94. The van der Waals surface area contributed by atoms with Crippen molar-refractivity contribution in [3.8, 4) is 0 Å². The summed E-state index contributed by atoms with van der Waals surface area (Å²) in [7, 11) is 1.64. The summed E-state index contributed by atoms with van der Waals surface area (Å²) >= 11 is 0. The van der Waals surface area contributed by atoms with Gasteiger partial charge in [0.2, 0.25) is 0 Å². The van der Waals surface area contributed by atoms with Gasteiger partial charge in [-0.15, -0.1) is 0 Å². The molecule has 0 unspecified atom stereocenters. The zero-order valence-electron chi connectivity index (χ0n) is 7.74. The van der Waals surface area contributed by atoms with Gasteiger partial charge in [0.1, 0.15) is 6.04 Å². The lowest BCUT2D eigenvalue weighted by Gasteiger charge is -2.11. The van der Waals surface area contributed by atoms with Crippen molar-refractivity contribution >= 4 is 5.97 Å². The molecule has 0 saturated heterocycles. The molecule has 0 aromatic heterocycles. The van der Waals surface area contributed by atoms with Crippen LogP contribution in [-0.4, -0.2) is 18.1 Å². The monoisotopic (exact) mass is 179 g/mol. The minimum atomic E-state index is -0.854. The fourth-order valence-electron chi connectivity index (χ4n) is 1.28. The van der Waals surface area contributed by atoms with Gasteiger partial charge in [-0.3, -0.25) is 4.79 Å². The van der Waals surface area contributed by atoms with Crippen LogP contribution in [0.15, 0.2) is 24.3 Å². The lowest BCUT2D eigenvalue weighted by molar-refractivity contribution is -0.139. The van der Waals surface area contributed by atoms with E-state index in [4.69, 9.17) is 5.11 Å². The van der Waals surface area contributed by atoms with E-state index >= 15 is 0 Å². The Balaban J connectivity index is 2.98. The predicted octanol–water partition coefficient (Wildman–Crippen LogP) is 1.34. The first-order chi connectivity index (χ1) is 6.15. The Labute approximate surface area is 77.4 Å². The summed E-state index contributed by atoms with van der Waals surface area (Å²) in [5.41, 5.74) is 1.86. The first-order valence-electron chi connectivity index (χ1n) is 4.12. The molecule has 0 bridgehead atoms. The topological polar surface area (TPSA) is 49.3 Å². The molecule has 70 valence electrons. The summed E-state index contributed by atoms with van der Waals surface area (Å²) in [5.74, 6) is -0.854. The van der Waals surface area contributed by atoms with Gasteiger partial charge in [0.25, 0.3) is 0 Å². The molecule has 3 nitrogen and oxygen atoms in total. The molecule has 1 aromatic rings. The van der Waals surface area contributed by atoms with Crippen LogP contribution in [0.4, 0.5) is 0 Å². The molecule has 0 aliphatic heterocycles. The molecule has 13 heavy (non-hydrogen) atoms. The Bertz CT molecular complexity index is 310. The molecule has 0 heterocycles. The number of rotatable bonds is 3. The predicted molar refractivity (Wildman–Crippen MR) is 50.6 cm³/mol. The Morgan fingerprint density at radius 3 is 2.69 bits per heavy atom. The van der Waals surface area contributed by atoms with Crippen LogP contribution < -0.4 is 5.32 Å². The highest BCUT2D eigenvalue weighted by atomic mass is 16.4. The normalized spacial score (nSPS) is 12.5. The highest BCUT2D eigenvalue weighted by Gasteiger charge is 2.16. The lowest BCUT2D eigenvalue weighted by Crippen LogP contribution is -2.24. The average molecular weight is 179 g/mol. The van der Waals surface area contributed by atoms with E-state index in [1.165, 1.54) is 0 Å². The third-order valence-corrected chi connectivity index (χ3v) is 1.91. The minimum Gasteiger partial charge on any atom is -0.480 e. The molecule has 1 rings (SSSR count). The van der Waals surface area contributed by atoms with Gasteiger partial charge in [-0.1, -0.05) is 29.8 Å². The Kier molecular flexibility index (Phi) is 3.03. The minimum absolute atomic E-state index is 0.611. The van der Waals surface area contributed by atoms with E-state index in [-0.39, 0.29) is 0 Å². The van der Waals surface area contributed by atoms with Gasteiger partial charge in [-0.05, 0) is 19.5 Å². The zero-order chi connectivity index (χ0) is 9.84. The molecule has 2 N–H and O–H groups in total. The van der Waals surface area contributed by atoms with Crippen LogP contribution in [0.1, 0.15) is 17.2 Å². The molecule has 0 aliphatic carbocycles. The molecule has 1 aromatic carbocycles. The van der Waals surface area contributed by atoms with Gasteiger partial charge in [-0.25, -0.2) is 0 Å². The summed E-state index contributed by atoms with van der Waals surface area (Å²) in [4.78, 5) is 10.8. The number of aliphatic carboxylic acids is 1. The molecular formula is C10H13NO2. The average Bonchev–Trinajstić information content (AvgIpc) is 2.04. The van der Waals surface area contributed by atoms with Crippen molar-refractivity contribution in [2.24, 2.45) is 0 Å². The van der Waals surface area contributed by atoms with Crippen molar-refractivity contribution in [3.63, 3.8) is 0 Å². The molecule has 0 fully saturated rings. The van der Waals surface area contributed by atoms with Gasteiger partial charge < -0.3 is 10.4 Å². The summed E-state index contributed by atoms with van der Waals surface area (Å²) < 4.78 is 0. The van der Waals surface area contributed by atoms with Crippen LogP contribution in [0.25, 0.3) is 0 Å². The summed E-state index contributed by atoms with van der Waals surface area (Å²) in [5, 5.41) is 11.6. The molecule has 3 heteroatoms. The standard InChI is InChI=1S/C10H13NO2/c1-7-4-3-5-8(6-7)9(11-2)10(12)13/h3-6,9,11H,1-2H3,(H,12,13)/t9-/m1/s1. The maximum atomic E-state index is 10.8. The number of benzene rings is 1. The SMILES string of the molecule is CN[C@@H](C(=O)O)c1cccc(C)c1. The molecule has 0 spiro atoms. The van der Waals surface area contributed by atoms with Gasteiger partial charge in [0.05, 0.1) is 0 Å². The second-order valence-corrected chi connectivity index (χ2v) is 2.97. The van der Waals surface area contributed by atoms with Crippen molar-refractivity contribution < 1.29 is 9.90 Å². The third-order valence-electron chi connectivity index (χ3n) is 1.91. The van der Waals surface area contributed by atoms with Gasteiger partial charge in [0.15, 0.2) is 0 Å². The van der Waals surface area contributed by atoms with E-state index in [0.717, 1.165) is 11.1 Å². The first-order valence-corrected chi connectivity index (χ1v) is 4.12. The largest absolute Gasteiger partial charge is 0.480 e. The molecule has 1 atom stereocenters. The highest BCUT2D eigenvalue weighted by molar-refractivity contribution is 5.75. The van der Waals surface area contributed by atoms with Crippen LogP contribution in [-0.2, 0) is 4.79 Å². The number of carboxylic acid groups (broad SMARTS) is 1. The first kappa shape index (κ1) is 9.74. The summed E-state index contributed by atoms with van der Waals surface area (Å²) in [6.07, 6.45) is 0. The second kappa shape index (κ2) is 4.05. The number of likely N-dealkylation sites (N-methyl/N-ethyl adjacent to an activating group) is 1. The molecular weight excluding hydrogens is 166 g/mol. The maximum Gasteiger partial charge on any atom is 0.325 e. The van der Waals surface area contributed by atoms with Crippen LogP contribution in [0.5, 0.6) is 0 Å². The Morgan fingerprint density at radius 1 is 1.54 bits per heavy atom. The molecule has 0 amide bonds. The Hall–Kier alpha value is -1.35. The van der Waals surface area contributed by atoms with Gasteiger partial charge in [0, 0.05) is 0 Å². The van der Waals surface area contributed by atoms with Gasteiger partial charge in [-0.2, -0.15) is 0 Å². The number of hydrogen-bond acceptors (Lipinski definition) is 2. The number of hydrogen-bond donors (Lipinski definition) is 2. The van der Waals surface area contributed by atoms with Crippen molar-refractivity contribution in [3.05, 3.63) is 35.4 Å². The molecule has 0 aliphatic rings. The second-order valence-electron chi connectivity index (χ2n) is 2.97. The lowest BCUT2D eigenvalue weighted by atomic mass is 10.1. The number of carboxylic acids is 1. The van der Waals surface area contributed by atoms with Crippen molar-refractivity contribution in [1.29, 1.82) is 0 Å². The molecule has 0 saturated carbocycles. The van der Waals surface area contributed by atoms with Crippen molar-refractivity contribution in [2.45, 2.75) is 13.0 Å². The van der Waals surface area contributed by atoms with Crippen molar-refractivity contribution in [2.75, 3.05) is 7.05 Å². The number of carbonyl (C=O) groups is 1.